The van der Waals surface area contributed by atoms with Crippen molar-refractivity contribution in [1.82, 2.24) is 5.32 Å². The zero-order valence-electron chi connectivity index (χ0n) is 24.5. The number of ether oxygens (including phenoxy) is 2. The van der Waals surface area contributed by atoms with E-state index >= 15 is 0 Å². The topological polar surface area (TPSA) is 151 Å². The fourth-order valence-corrected chi connectivity index (χ4v) is 4.81. The van der Waals surface area contributed by atoms with E-state index in [1.807, 2.05) is 90.0 Å². The summed E-state index contributed by atoms with van der Waals surface area (Å²) in [5, 5.41) is 18.8. The predicted octanol–water partition coefficient (Wildman–Crippen LogP) is 4.84. The van der Waals surface area contributed by atoms with E-state index in [2.05, 4.69) is 5.32 Å². The first kappa shape index (κ1) is 31.1. The Morgan fingerprint density at radius 1 is 0.977 bits per heavy atom. The van der Waals surface area contributed by atoms with E-state index in [1.165, 1.54) is 0 Å². The van der Waals surface area contributed by atoms with Gasteiger partial charge in [0.25, 0.3) is 0 Å². The van der Waals surface area contributed by atoms with Crippen LogP contribution in [-0.4, -0.2) is 50.0 Å². The van der Waals surface area contributed by atoms with Crippen LogP contribution < -0.4 is 26.4 Å². The molecule has 43 heavy (non-hydrogen) atoms. The van der Waals surface area contributed by atoms with Crippen molar-refractivity contribution in [1.29, 1.82) is 10.8 Å². The molecule has 0 aliphatic carbocycles. The Morgan fingerprint density at radius 2 is 1.70 bits per heavy atom. The molecule has 1 aliphatic rings. The van der Waals surface area contributed by atoms with Crippen LogP contribution in [0.5, 0.6) is 5.75 Å². The van der Waals surface area contributed by atoms with Crippen LogP contribution in [0.25, 0.3) is 6.08 Å². The van der Waals surface area contributed by atoms with E-state index in [0.717, 1.165) is 42.7 Å². The monoisotopic (exact) mass is 580 g/mol. The predicted molar refractivity (Wildman–Crippen MR) is 173 cm³/mol. The number of carbonyl (C=O) groups is 1. The number of benzene rings is 3. The number of allylic oxidation sites excluding steroid dienone is 1. The van der Waals surface area contributed by atoms with Gasteiger partial charge in [-0.3, -0.25) is 10.8 Å². The molecule has 3 aromatic carbocycles. The van der Waals surface area contributed by atoms with E-state index in [9.17, 15) is 4.79 Å². The Balaban J connectivity index is 1.62. The van der Waals surface area contributed by atoms with Crippen molar-refractivity contribution in [2.75, 3.05) is 31.1 Å². The lowest BCUT2D eigenvalue weighted by atomic mass is 10.1. The third-order valence-corrected chi connectivity index (χ3v) is 7.06. The number of hydrogen-bond acceptors (Lipinski definition) is 7. The zero-order chi connectivity index (χ0) is 30.6. The van der Waals surface area contributed by atoms with Crippen molar-refractivity contribution in [3.63, 3.8) is 0 Å². The molecule has 0 amide bonds. The van der Waals surface area contributed by atoms with Gasteiger partial charge < -0.3 is 31.2 Å². The largest absolute Gasteiger partial charge is 0.489 e. The first-order chi connectivity index (χ1) is 20.8. The average Bonchev–Trinajstić information content (AvgIpc) is 3.01. The molecule has 0 unspecified atom stereocenters. The summed E-state index contributed by atoms with van der Waals surface area (Å²) in [6, 6.07) is 20.7. The van der Waals surface area contributed by atoms with Gasteiger partial charge >= 0.3 is 5.97 Å². The summed E-state index contributed by atoms with van der Waals surface area (Å²) in [6.07, 6.45) is 10.4. The van der Waals surface area contributed by atoms with Gasteiger partial charge in [0.15, 0.2) is 0 Å². The van der Waals surface area contributed by atoms with Gasteiger partial charge in [-0.15, -0.1) is 0 Å². The molecule has 4 rings (SSSR count). The number of piperidine rings is 1. The molecule has 9 heteroatoms. The van der Waals surface area contributed by atoms with Gasteiger partial charge in [-0.2, -0.15) is 0 Å². The second-order valence-corrected chi connectivity index (χ2v) is 10.3. The number of nitrogens with one attached hydrogen (secondary N) is 3. The van der Waals surface area contributed by atoms with E-state index < -0.39 is 5.97 Å². The van der Waals surface area contributed by atoms with Crippen LogP contribution >= 0.6 is 0 Å². The van der Waals surface area contributed by atoms with Crippen LogP contribution in [0.15, 0.2) is 85.1 Å². The lowest BCUT2D eigenvalue weighted by Gasteiger charge is -2.26. The maximum absolute atomic E-state index is 13.0. The first-order valence-corrected chi connectivity index (χ1v) is 14.5. The molecule has 9 nitrogen and oxygen atoms in total. The normalized spacial score (nSPS) is 13.7. The second kappa shape index (κ2) is 15.4. The lowest BCUT2D eigenvalue weighted by molar-refractivity contribution is 0.0517. The Hall–Kier alpha value is -4.89. The van der Waals surface area contributed by atoms with Gasteiger partial charge in [0.2, 0.25) is 0 Å². The Bertz CT molecular complexity index is 1490. The maximum Gasteiger partial charge on any atom is 0.341 e. The maximum atomic E-state index is 13.0. The molecule has 0 bridgehead atoms. The Morgan fingerprint density at radius 3 is 2.42 bits per heavy atom. The molecule has 1 fully saturated rings. The summed E-state index contributed by atoms with van der Waals surface area (Å²) in [7, 11) is 0. The van der Waals surface area contributed by atoms with Gasteiger partial charge in [-0.25, -0.2) is 4.79 Å². The number of esters is 1. The van der Waals surface area contributed by atoms with Crippen LogP contribution in [0, 0.1) is 10.8 Å². The zero-order valence-corrected chi connectivity index (χ0v) is 24.5. The number of carbonyl (C=O) groups excluding carboxylic acids is 1. The molecular weight excluding hydrogens is 540 g/mol. The van der Waals surface area contributed by atoms with Crippen LogP contribution in [-0.2, 0) is 11.2 Å². The standard InChI is InChI=1S/C34H40N6O3/c1-2-42-34(41)30-23-28(13-14-31(30)43-29-15-17-39-18-16-29)40(19-5-9-24-7-3-11-26(21-24)32(35)36)20-6-10-25-8-4-12-27(22-25)33(37)38/h3-9,11-14,20-23,29,39H,2,10,15-19H2,1H3,(H3,35,36)(H3,37,38). The van der Waals surface area contributed by atoms with E-state index in [1.54, 1.807) is 13.0 Å². The van der Waals surface area contributed by atoms with Crippen molar-refractivity contribution in [2.24, 2.45) is 11.5 Å². The Labute approximate surface area is 253 Å². The van der Waals surface area contributed by atoms with Gasteiger partial charge in [0, 0.05) is 29.6 Å². The van der Waals surface area contributed by atoms with Crippen LogP contribution in [0.2, 0.25) is 0 Å². The molecule has 0 radical (unpaired) electrons. The fourth-order valence-electron chi connectivity index (χ4n) is 4.81. The van der Waals surface area contributed by atoms with Crippen LogP contribution in [0.3, 0.4) is 0 Å². The van der Waals surface area contributed by atoms with Gasteiger partial charge in [0.1, 0.15) is 29.1 Å². The molecule has 0 atom stereocenters. The van der Waals surface area contributed by atoms with E-state index in [4.69, 9.17) is 31.8 Å². The molecule has 3 aromatic rings. The number of nitrogens with two attached hydrogens (primary N) is 2. The summed E-state index contributed by atoms with van der Waals surface area (Å²) in [5.41, 5.74) is 15.8. The first-order valence-electron chi connectivity index (χ1n) is 14.5. The number of nitrogen functional groups attached to an aromatic ring is 2. The van der Waals surface area contributed by atoms with Crippen molar-refractivity contribution >= 4 is 29.4 Å². The summed E-state index contributed by atoms with van der Waals surface area (Å²) in [4.78, 5) is 15.1. The van der Waals surface area contributed by atoms with Crippen LogP contribution in [0.4, 0.5) is 5.69 Å². The van der Waals surface area contributed by atoms with Gasteiger partial charge in [0.05, 0.1) is 6.61 Å². The summed E-state index contributed by atoms with van der Waals surface area (Å²) in [6.45, 7) is 4.32. The molecule has 0 spiro atoms. The molecule has 7 N–H and O–H groups in total. The van der Waals surface area contributed by atoms with Gasteiger partial charge in [-0.1, -0.05) is 54.6 Å². The minimum absolute atomic E-state index is 0.0203. The molecule has 1 heterocycles. The summed E-state index contributed by atoms with van der Waals surface area (Å²) >= 11 is 0. The molecule has 1 saturated heterocycles. The highest BCUT2D eigenvalue weighted by atomic mass is 16.5. The highest BCUT2D eigenvalue weighted by molar-refractivity contribution is 5.96. The number of rotatable bonds is 13. The van der Waals surface area contributed by atoms with Crippen molar-refractivity contribution < 1.29 is 14.3 Å². The molecule has 224 valence electrons. The minimum atomic E-state index is -0.421. The van der Waals surface area contributed by atoms with Crippen molar-refractivity contribution in [3.8, 4) is 5.75 Å². The average molecular weight is 581 g/mol. The number of anilines is 1. The second-order valence-electron chi connectivity index (χ2n) is 10.3. The molecular formula is C34H40N6O3. The Kier molecular flexibility index (Phi) is 11.1. The number of nitrogens with zero attached hydrogens (tertiary/aromatic N) is 1. The number of amidine groups is 2. The smallest absolute Gasteiger partial charge is 0.341 e. The molecule has 0 aromatic heterocycles. The third-order valence-electron chi connectivity index (χ3n) is 7.06. The van der Waals surface area contributed by atoms with Crippen molar-refractivity contribution in [2.45, 2.75) is 32.3 Å². The number of hydrogen-bond donors (Lipinski definition) is 5. The fraction of sp³-hybridized carbons (Fsp3) is 0.265. The van der Waals surface area contributed by atoms with E-state index in [0.29, 0.717) is 35.4 Å². The molecule has 1 aliphatic heterocycles. The highest BCUT2D eigenvalue weighted by Crippen LogP contribution is 2.29. The van der Waals surface area contributed by atoms with Gasteiger partial charge in [-0.05, 0) is 80.7 Å². The van der Waals surface area contributed by atoms with Crippen molar-refractivity contribution in [3.05, 3.63) is 113 Å². The van der Waals surface area contributed by atoms with E-state index in [-0.39, 0.29) is 24.4 Å². The third kappa shape index (κ3) is 9.05. The lowest BCUT2D eigenvalue weighted by Crippen LogP contribution is -2.34. The van der Waals surface area contributed by atoms with Crippen LogP contribution in [0.1, 0.15) is 52.4 Å². The summed E-state index contributed by atoms with van der Waals surface area (Å²) < 4.78 is 11.7. The SMILES string of the molecule is CCOC(=O)c1cc(N(C=CCc2cccc(C(=N)N)c2)CC=Cc2cccc(C(=N)N)c2)ccc1OC1CCNCC1. The minimum Gasteiger partial charge on any atom is -0.489 e. The summed E-state index contributed by atoms with van der Waals surface area (Å²) in [5.74, 6) is 0.155. The molecule has 0 saturated carbocycles. The quantitative estimate of drug-likeness (QED) is 0.110. The highest BCUT2D eigenvalue weighted by Gasteiger charge is 2.21.